The summed E-state index contributed by atoms with van der Waals surface area (Å²) < 4.78 is 23.2. The first-order chi connectivity index (χ1) is 22.4. The van der Waals surface area contributed by atoms with E-state index in [4.69, 9.17) is 4.74 Å². The van der Waals surface area contributed by atoms with E-state index in [1.807, 2.05) is 38.1 Å². The van der Waals surface area contributed by atoms with Crippen LogP contribution >= 0.6 is 0 Å². The summed E-state index contributed by atoms with van der Waals surface area (Å²) in [5, 5.41) is 20.7. The minimum Gasteiger partial charge on any atom is -0.496 e. The molecule has 1 aliphatic heterocycles. The number of hydrogen-bond acceptors (Lipinski definition) is 7. The van der Waals surface area contributed by atoms with Gasteiger partial charge in [-0.15, -0.1) is 0 Å². The number of ether oxygens (including phenoxy) is 1. The molecule has 3 amide bonds. The molecule has 5 rings (SSSR count). The van der Waals surface area contributed by atoms with Crippen molar-refractivity contribution in [3.05, 3.63) is 115 Å². The van der Waals surface area contributed by atoms with Gasteiger partial charge in [0, 0.05) is 56.4 Å². The molecule has 3 aromatic carbocycles. The average Bonchev–Trinajstić information content (AvgIpc) is 3.04. The van der Waals surface area contributed by atoms with Crippen LogP contribution in [0.15, 0.2) is 76.1 Å². The smallest absolute Gasteiger partial charge is 0.330 e. The highest BCUT2D eigenvalue weighted by Crippen LogP contribution is 2.37. The minimum absolute atomic E-state index is 0.107. The van der Waals surface area contributed by atoms with E-state index in [1.165, 1.54) is 44.2 Å². The number of halogens is 1. The summed E-state index contributed by atoms with van der Waals surface area (Å²) in [5.74, 6) is -0.779. The Bertz CT molecular complexity index is 2050. The van der Waals surface area contributed by atoms with Gasteiger partial charge in [-0.05, 0) is 65.4 Å². The Morgan fingerprint density at radius 2 is 1.68 bits per heavy atom. The number of aromatic nitrogens is 2. The minimum atomic E-state index is -1.14. The average molecular weight is 643 g/mol. The molecule has 1 atom stereocenters. The van der Waals surface area contributed by atoms with Gasteiger partial charge in [0.05, 0.1) is 7.11 Å². The van der Waals surface area contributed by atoms with Crippen molar-refractivity contribution >= 4 is 17.6 Å². The maximum Gasteiger partial charge on any atom is 0.330 e. The molecule has 0 bridgehead atoms. The van der Waals surface area contributed by atoms with E-state index < -0.39 is 35.2 Å². The fourth-order valence-corrected chi connectivity index (χ4v) is 5.55. The van der Waals surface area contributed by atoms with Gasteiger partial charge in [-0.3, -0.25) is 14.2 Å². The zero-order valence-corrected chi connectivity index (χ0v) is 26.5. The molecule has 47 heavy (non-hydrogen) atoms. The number of aryl methyl sites for hydroxylation is 1. The number of methoxy groups -OCH3 is 1. The zero-order chi connectivity index (χ0) is 34.0. The first kappa shape index (κ1) is 32.9. The molecule has 1 aliphatic rings. The quantitative estimate of drug-likeness (QED) is 0.188. The number of benzene rings is 3. The Labute approximate surface area is 269 Å². The first-order valence-corrected chi connectivity index (χ1v) is 14.7. The van der Waals surface area contributed by atoms with Crippen LogP contribution in [0.4, 0.5) is 14.9 Å². The number of urea groups is 1. The third-order valence-electron chi connectivity index (χ3n) is 8.22. The number of anilines is 1. The van der Waals surface area contributed by atoms with Crippen molar-refractivity contribution in [2.24, 2.45) is 14.1 Å². The van der Waals surface area contributed by atoms with Crippen LogP contribution in [0, 0.1) is 19.7 Å². The van der Waals surface area contributed by atoms with Crippen molar-refractivity contribution in [2.75, 3.05) is 19.0 Å². The van der Waals surface area contributed by atoms with Gasteiger partial charge in [0.2, 0.25) is 0 Å². The van der Waals surface area contributed by atoms with E-state index in [2.05, 4.69) is 21.3 Å². The van der Waals surface area contributed by atoms with Gasteiger partial charge in [-0.2, -0.15) is 0 Å². The largest absolute Gasteiger partial charge is 0.496 e. The van der Waals surface area contributed by atoms with Crippen molar-refractivity contribution in [2.45, 2.75) is 26.6 Å². The number of carbonyl (C=O) groups is 2. The number of amides is 3. The van der Waals surface area contributed by atoms with Gasteiger partial charge >= 0.3 is 11.7 Å². The Morgan fingerprint density at radius 3 is 2.38 bits per heavy atom. The predicted molar refractivity (Wildman–Crippen MR) is 176 cm³/mol. The molecular formula is C34H35FN6O6. The lowest BCUT2D eigenvalue weighted by Gasteiger charge is -2.22. The molecular weight excluding hydrogens is 607 g/mol. The molecule has 0 aliphatic carbocycles. The second kappa shape index (κ2) is 13.4. The molecule has 2 heterocycles. The maximum atomic E-state index is 15.6. The second-order valence-corrected chi connectivity index (χ2v) is 11.2. The molecule has 13 heteroatoms. The predicted octanol–water partition coefficient (Wildman–Crippen LogP) is 3.04. The Kier molecular flexibility index (Phi) is 9.40. The van der Waals surface area contributed by atoms with E-state index in [9.17, 15) is 24.3 Å². The third kappa shape index (κ3) is 6.57. The van der Waals surface area contributed by atoms with Crippen LogP contribution in [0.1, 0.15) is 27.0 Å². The third-order valence-corrected chi connectivity index (χ3v) is 8.22. The van der Waals surface area contributed by atoms with E-state index in [0.29, 0.717) is 28.1 Å². The molecule has 4 aromatic rings. The summed E-state index contributed by atoms with van der Waals surface area (Å²) in [6.45, 7) is 4.09. The summed E-state index contributed by atoms with van der Waals surface area (Å²) in [6.07, 6.45) is 1.48. The highest BCUT2D eigenvalue weighted by molar-refractivity contribution is 6.04. The number of hydrogen-bond donors (Lipinski definition) is 5. The van der Waals surface area contributed by atoms with E-state index in [-0.39, 0.29) is 18.7 Å². The first-order valence-electron chi connectivity index (χ1n) is 14.7. The van der Waals surface area contributed by atoms with Crippen molar-refractivity contribution in [3.8, 4) is 28.0 Å². The van der Waals surface area contributed by atoms with Crippen LogP contribution < -0.4 is 37.3 Å². The van der Waals surface area contributed by atoms with Crippen LogP contribution in [0.5, 0.6) is 5.75 Å². The molecule has 0 saturated heterocycles. The summed E-state index contributed by atoms with van der Waals surface area (Å²) in [6, 6.07) is 13.8. The molecule has 1 aromatic heterocycles. The summed E-state index contributed by atoms with van der Waals surface area (Å²) >= 11 is 0. The van der Waals surface area contributed by atoms with Crippen molar-refractivity contribution in [3.63, 3.8) is 0 Å². The van der Waals surface area contributed by atoms with E-state index in [1.54, 1.807) is 18.2 Å². The normalized spacial score (nSPS) is 14.2. The van der Waals surface area contributed by atoms with Crippen LogP contribution in [-0.2, 0) is 20.6 Å². The summed E-state index contributed by atoms with van der Waals surface area (Å²) in [5.41, 5.74) is 4.58. The molecule has 0 saturated carbocycles. The fraction of sp³-hybridized carbons (Fsp3) is 0.235. The Hall–Kier alpha value is -5.53. The fourth-order valence-electron chi connectivity index (χ4n) is 5.55. The van der Waals surface area contributed by atoms with Crippen LogP contribution in [0.25, 0.3) is 22.3 Å². The van der Waals surface area contributed by atoms with E-state index >= 15 is 4.39 Å². The number of aliphatic hydroxyl groups is 1. The van der Waals surface area contributed by atoms with Crippen molar-refractivity contribution in [1.82, 2.24) is 25.1 Å². The van der Waals surface area contributed by atoms with Gasteiger partial charge < -0.3 is 35.7 Å². The number of rotatable bonds is 9. The second-order valence-electron chi connectivity index (χ2n) is 11.2. The Balaban J connectivity index is 1.42. The zero-order valence-electron chi connectivity index (χ0n) is 26.5. The van der Waals surface area contributed by atoms with Crippen LogP contribution in [0.2, 0.25) is 0 Å². The lowest BCUT2D eigenvalue weighted by Crippen LogP contribution is -2.47. The van der Waals surface area contributed by atoms with Gasteiger partial charge in [0.15, 0.2) is 6.23 Å². The van der Waals surface area contributed by atoms with Gasteiger partial charge in [-0.25, -0.2) is 14.0 Å². The van der Waals surface area contributed by atoms with Crippen molar-refractivity contribution < 1.29 is 23.8 Å². The molecule has 244 valence electrons. The SMILES string of the molecule is COc1cc(-c2cccc(-c3cccc(NC(=O)c4cn(C)c(=O)n(C)c4=O)c3C)c2C)cc(F)c1CNCC1=CNC(=O)NC1O. The topological polar surface area (TPSA) is 156 Å². The molecule has 1 unspecified atom stereocenters. The number of carbonyl (C=O) groups excluding carboxylic acids is 2. The highest BCUT2D eigenvalue weighted by Gasteiger charge is 2.21. The molecule has 0 fully saturated rings. The molecule has 0 radical (unpaired) electrons. The van der Waals surface area contributed by atoms with Crippen molar-refractivity contribution in [1.29, 1.82) is 0 Å². The summed E-state index contributed by atoms with van der Waals surface area (Å²) in [7, 11) is 4.25. The van der Waals surface area contributed by atoms with Crippen LogP contribution in [-0.4, -0.2) is 46.1 Å². The maximum absolute atomic E-state index is 15.6. The Morgan fingerprint density at radius 1 is 1.00 bits per heavy atom. The standard InChI is InChI=1S/C34H35FN6O6/c1-18-22(20-12-27(35)25(29(13-20)47-5)16-36-14-21-15-37-33(45)39-30(21)42)8-6-9-23(18)24-10-7-11-28(19(24)2)38-31(43)26-17-40(3)34(46)41(4)32(26)44/h6-13,15,17,30,36,42H,14,16H2,1-5H3,(H,38,43)(H2,37,39,45). The number of nitrogens with zero attached hydrogens (tertiary/aromatic N) is 2. The molecule has 0 spiro atoms. The van der Waals surface area contributed by atoms with Gasteiger partial charge in [0.1, 0.15) is 17.1 Å². The molecule has 12 nitrogen and oxygen atoms in total. The van der Waals surface area contributed by atoms with Gasteiger partial charge in [-0.1, -0.05) is 30.3 Å². The van der Waals surface area contributed by atoms with E-state index in [0.717, 1.165) is 32.4 Å². The lowest BCUT2D eigenvalue weighted by molar-refractivity contribution is 0.102. The summed E-state index contributed by atoms with van der Waals surface area (Å²) in [4.78, 5) is 49.1. The number of aliphatic hydroxyl groups excluding tert-OH is 1. The monoisotopic (exact) mass is 642 g/mol. The lowest BCUT2D eigenvalue weighted by atomic mass is 9.90. The van der Waals surface area contributed by atoms with Crippen LogP contribution in [0.3, 0.4) is 0 Å². The molecule has 5 N–H and O–H groups in total. The number of nitrogens with one attached hydrogen (secondary N) is 4. The highest BCUT2D eigenvalue weighted by atomic mass is 19.1. The van der Waals surface area contributed by atoms with Gasteiger partial charge in [0.25, 0.3) is 11.5 Å².